The van der Waals surface area contributed by atoms with E-state index in [0.29, 0.717) is 59.9 Å². The molecule has 0 spiro atoms. The van der Waals surface area contributed by atoms with E-state index >= 15 is 8.78 Å². The van der Waals surface area contributed by atoms with Crippen LogP contribution in [-0.2, 0) is 31.3 Å². The van der Waals surface area contributed by atoms with Crippen LogP contribution in [0, 0.1) is 0 Å². The van der Waals surface area contributed by atoms with E-state index in [1.807, 2.05) is 0 Å². The van der Waals surface area contributed by atoms with Crippen LogP contribution in [0.4, 0.5) is 37.7 Å². The Hall–Kier alpha value is -7.10. The van der Waals surface area contributed by atoms with Crippen LogP contribution >= 0.6 is 0 Å². The van der Waals surface area contributed by atoms with Crippen molar-refractivity contribution in [3.63, 3.8) is 0 Å². The summed E-state index contributed by atoms with van der Waals surface area (Å²) in [7, 11) is 0. The molecular formula is C53H56F6N2O8. The molecule has 0 saturated heterocycles. The van der Waals surface area contributed by atoms with Crippen LogP contribution < -0.4 is 30.4 Å². The quantitative estimate of drug-likeness (QED) is 0.0119. The minimum atomic E-state index is -3.68. The lowest BCUT2D eigenvalue weighted by molar-refractivity contribution is -0.186. The molecule has 5 aromatic rings. The monoisotopic (exact) mass is 962 g/mol. The van der Waals surface area contributed by atoms with Gasteiger partial charge in [0.2, 0.25) is 0 Å². The van der Waals surface area contributed by atoms with E-state index in [2.05, 4.69) is 0 Å². The number of esters is 2. The highest BCUT2D eigenvalue weighted by Gasteiger charge is 2.35. The number of halogens is 6. The molecule has 0 heterocycles. The summed E-state index contributed by atoms with van der Waals surface area (Å²) in [6.07, 6.45) is 2.50. The molecule has 0 aromatic heterocycles. The number of ether oxygens (including phenoxy) is 6. The third-order valence-electron chi connectivity index (χ3n) is 10.3. The van der Waals surface area contributed by atoms with Crippen molar-refractivity contribution in [3.8, 4) is 23.0 Å². The topological polar surface area (TPSA) is 142 Å². The number of nitrogens with two attached hydrogens (primary N) is 2. The number of anilines is 2. The van der Waals surface area contributed by atoms with Crippen molar-refractivity contribution < 1.29 is 64.4 Å². The van der Waals surface area contributed by atoms with Crippen molar-refractivity contribution in [2.24, 2.45) is 0 Å². The zero-order valence-electron chi connectivity index (χ0n) is 38.0. The van der Waals surface area contributed by atoms with Gasteiger partial charge in [0.05, 0.1) is 56.5 Å². The van der Waals surface area contributed by atoms with Gasteiger partial charge in [-0.2, -0.15) is 17.6 Å². The summed E-state index contributed by atoms with van der Waals surface area (Å²) >= 11 is 0. The van der Waals surface area contributed by atoms with E-state index in [0.717, 1.165) is 44.6 Å². The first-order chi connectivity index (χ1) is 33.3. The van der Waals surface area contributed by atoms with Gasteiger partial charge in [0.25, 0.3) is 0 Å². The Morgan fingerprint density at radius 3 is 1.46 bits per heavy atom. The largest absolute Gasteiger partial charge is 0.494 e. The Labute approximate surface area is 397 Å². The summed E-state index contributed by atoms with van der Waals surface area (Å²) in [5.41, 5.74) is 13.2. The fraction of sp³-hybridized carbons (Fsp3) is 0.321. The maximum Gasteiger partial charge on any atom is 0.426 e. The summed E-state index contributed by atoms with van der Waals surface area (Å²) in [5, 5.41) is 0. The minimum absolute atomic E-state index is 0.0446. The molecule has 16 heteroatoms. The first-order valence-electron chi connectivity index (χ1n) is 22.6. The van der Waals surface area contributed by atoms with E-state index in [9.17, 15) is 27.2 Å². The number of carbonyl (C=O) groups is 2. The average Bonchev–Trinajstić information content (AvgIpc) is 3.33. The van der Waals surface area contributed by atoms with E-state index in [4.69, 9.17) is 39.9 Å². The Bertz CT molecular complexity index is 2410. The molecule has 0 aliphatic heterocycles. The summed E-state index contributed by atoms with van der Waals surface area (Å²) < 4.78 is 116. The number of rotatable bonds is 29. The van der Waals surface area contributed by atoms with E-state index in [1.54, 1.807) is 12.1 Å². The van der Waals surface area contributed by atoms with E-state index in [-0.39, 0.29) is 66.9 Å². The second-order valence-electron chi connectivity index (χ2n) is 15.7. The molecule has 0 fully saturated rings. The minimum Gasteiger partial charge on any atom is -0.494 e. The Morgan fingerprint density at radius 1 is 0.507 bits per heavy atom. The second-order valence-corrected chi connectivity index (χ2v) is 15.7. The highest BCUT2D eigenvalue weighted by molar-refractivity contribution is 6.23. The second kappa shape index (κ2) is 27.0. The number of alkyl halides is 6. The number of hydrogen-bond acceptors (Lipinski definition) is 10. The Morgan fingerprint density at radius 2 is 0.971 bits per heavy atom. The Balaban J connectivity index is 1.08. The lowest BCUT2D eigenvalue weighted by atomic mass is 10.0. The van der Waals surface area contributed by atoms with Crippen molar-refractivity contribution in [2.45, 2.75) is 70.0 Å². The summed E-state index contributed by atoms with van der Waals surface area (Å²) in [4.78, 5) is 25.8. The lowest BCUT2D eigenvalue weighted by Gasteiger charge is -2.19. The smallest absolute Gasteiger partial charge is 0.426 e. The maximum absolute atomic E-state index is 15.1. The fourth-order valence-corrected chi connectivity index (χ4v) is 6.59. The van der Waals surface area contributed by atoms with Gasteiger partial charge >= 0.3 is 24.2 Å². The lowest BCUT2D eigenvalue weighted by Crippen LogP contribution is -2.21. The maximum atomic E-state index is 15.1. The molecule has 5 rings (SSSR count). The number of carbonyl (C=O) groups excluding carboxylic acids is 2. The average molecular weight is 963 g/mol. The van der Waals surface area contributed by atoms with Gasteiger partial charge in [-0.1, -0.05) is 37.1 Å². The number of benzene rings is 5. The molecule has 5 aromatic carbocycles. The van der Waals surface area contributed by atoms with Gasteiger partial charge in [-0.05, 0) is 153 Å². The van der Waals surface area contributed by atoms with Gasteiger partial charge in [0, 0.05) is 29.4 Å². The predicted molar refractivity (Wildman–Crippen MR) is 253 cm³/mol. The molecule has 0 aliphatic carbocycles. The van der Waals surface area contributed by atoms with Crippen molar-refractivity contribution in [1.82, 2.24) is 0 Å². The molecule has 0 saturated carbocycles. The first-order valence-corrected chi connectivity index (χ1v) is 22.6. The van der Waals surface area contributed by atoms with Crippen LogP contribution in [0.1, 0.15) is 85.6 Å². The van der Waals surface area contributed by atoms with Crippen LogP contribution in [0.15, 0.2) is 121 Å². The number of nitrogen functional groups attached to an aromatic ring is 2. The van der Waals surface area contributed by atoms with E-state index < -0.39 is 24.2 Å². The van der Waals surface area contributed by atoms with Crippen molar-refractivity contribution in [2.75, 3.05) is 51.2 Å². The number of unbranched alkanes of at least 4 members (excludes halogenated alkanes) is 6. The Kier molecular flexibility index (Phi) is 20.7. The molecule has 4 N–H and O–H groups in total. The molecule has 368 valence electrons. The zero-order chi connectivity index (χ0) is 49.5. The SMILES string of the molecule is Nc1ccc(C(=Cc2ccc(OC(F)(F)c3ccc(OCCCCCCF)cc3)cc2)C(=O)OCCCOC(=O)C=Cc2ccc(OC(F)(F)c3ccc(OCCCCCCF)cc3)cc2)c(N)c1. The molecule has 69 heavy (non-hydrogen) atoms. The van der Waals surface area contributed by atoms with E-state index in [1.165, 1.54) is 115 Å². The van der Waals surface area contributed by atoms with Crippen LogP contribution in [-0.4, -0.2) is 51.7 Å². The van der Waals surface area contributed by atoms with Crippen LogP contribution in [0.25, 0.3) is 17.7 Å². The fourth-order valence-electron chi connectivity index (χ4n) is 6.59. The molecule has 0 radical (unpaired) electrons. The van der Waals surface area contributed by atoms with Crippen molar-refractivity contribution in [3.05, 3.63) is 149 Å². The molecule has 0 amide bonds. The zero-order valence-corrected chi connectivity index (χ0v) is 38.0. The van der Waals surface area contributed by atoms with Crippen LogP contribution in [0.3, 0.4) is 0 Å². The molecule has 0 aliphatic rings. The first kappa shape index (κ1) is 52.9. The summed E-state index contributed by atoms with van der Waals surface area (Å²) in [6.45, 7) is -0.174. The van der Waals surface area contributed by atoms with Crippen LogP contribution in [0.2, 0.25) is 0 Å². The molecule has 0 atom stereocenters. The standard InChI is InChI=1S/C53H56F6N2O8/c54-30-5-1-3-7-32-64-43-24-15-40(16-25-43)52(56,57)68-45-20-10-38(11-21-45)14-29-50(62)66-34-9-35-67-51(63)48(47-28-19-42(60)37-49(47)61)36-39-12-22-46(23-13-39)69-53(58,59)41-17-26-44(27-18-41)65-33-8-4-2-6-31-55/h10-29,36-37H,1-9,30-35,60-61H2. The third kappa shape index (κ3) is 17.8. The highest BCUT2D eigenvalue weighted by Crippen LogP contribution is 2.35. The number of hydrogen-bond donors (Lipinski definition) is 2. The molecule has 0 bridgehead atoms. The van der Waals surface area contributed by atoms with Crippen LogP contribution in [0.5, 0.6) is 23.0 Å². The van der Waals surface area contributed by atoms with Gasteiger partial charge in [0.15, 0.2) is 0 Å². The summed E-state index contributed by atoms with van der Waals surface area (Å²) in [6, 6.07) is 26.4. The molecule has 10 nitrogen and oxygen atoms in total. The normalized spacial score (nSPS) is 11.9. The third-order valence-corrected chi connectivity index (χ3v) is 10.3. The van der Waals surface area contributed by atoms with Crippen molar-refractivity contribution in [1.29, 1.82) is 0 Å². The summed E-state index contributed by atoms with van der Waals surface area (Å²) in [5.74, 6) is -0.855. The van der Waals surface area contributed by atoms with Gasteiger partial charge in [0.1, 0.15) is 23.0 Å². The predicted octanol–water partition coefficient (Wildman–Crippen LogP) is 12.7. The van der Waals surface area contributed by atoms with Crippen molar-refractivity contribution >= 4 is 41.0 Å². The molecule has 0 unspecified atom stereocenters. The van der Waals surface area contributed by atoms with Gasteiger partial charge in [-0.15, -0.1) is 0 Å². The van der Waals surface area contributed by atoms with Gasteiger partial charge in [-0.3, -0.25) is 8.78 Å². The van der Waals surface area contributed by atoms with Gasteiger partial charge < -0.3 is 39.9 Å². The molecular weight excluding hydrogens is 907 g/mol. The highest BCUT2D eigenvalue weighted by atomic mass is 19.3. The van der Waals surface area contributed by atoms with Gasteiger partial charge in [-0.25, -0.2) is 9.59 Å².